The van der Waals surface area contributed by atoms with E-state index in [1.54, 1.807) is 0 Å². The molecule has 2 aromatic carbocycles. The van der Waals surface area contributed by atoms with Crippen LogP contribution in [0, 0.1) is 13.8 Å². The Balaban J connectivity index is 1.54. The van der Waals surface area contributed by atoms with Crippen molar-refractivity contribution in [3.63, 3.8) is 0 Å². The van der Waals surface area contributed by atoms with Crippen molar-refractivity contribution in [2.75, 3.05) is 35.2 Å². The van der Waals surface area contributed by atoms with Crippen LogP contribution in [0.1, 0.15) is 24.0 Å². The summed E-state index contributed by atoms with van der Waals surface area (Å²) in [5, 5.41) is 6.19. The highest BCUT2D eigenvalue weighted by Crippen LogP contribution is 2.22. The third kappa shape index (κ3) is 3.88. The molecular weight excluding hydrogens is 298 g/mol. The second-order valence-corrected chi connectivity index (χ2v) is 6.41. The van der Waals surface area contributed by atoms with E-state index in [0.717, 1.165) is 35.6 Å². The van der Waals surface area contributed by atoms with E-state index in [9.17, 15) is 4.79 Å². The molecule has 1 fully saturated rings. The lowest BCUT2D eigenvalue weighted by Gasteiger charge is -2.18. The maximum Gasteiger partial charge on any atom is 0.243 e. The van der Waals surface area contributed by atoms with Crippen LogP contribution in [0.25, 0.3) is 0 Å². The van der Waals surface area contributed by atoms with Crippen LogP contribution < -0.4 is 15.5 Å². The minimum atomic E-state index is -0.0315. The summed E-state index contributed by atoms with van der Waals surface area (Å²) in [6.45, 7) is 6.56. The summed E-state index contributed by atoms with van der Waals surface area (Å²) in [6.07, 6.45) is 2.55. The molecule has 4 nitrogen and oxygen atoms in total. The Hall–Kier alpha value is -2.49. The standard InChI is InChI=1S/C20H25N3O/c1-15-6-5-7-16(2)20(15)22-19(24)14-21-17-8-10-18(11-9-17)23-12-3-4-13-23/h5-11,21H,3-4,12-14H2,1-2H3,(H,22,24). The number of carbonyl (C=O) groups excluding carboxylic acids is 1. The summed E-state index contributed by atoms with van der Waals surface area (Å²) in [7, 11) is 0. The summed E-state index contributed by atoms with van der Waals surface area (Å²) < 4.78 is 0. The summed E-state index contributed by atoms with van der Waals surface area (Å²) in [5.74, 6) is -0.0315. The zero-order valence-electron chi connectivity index (χ0n) is 14.4. The van der Waals surface area contributed by atoms with Crippen molar-refractivity contribution in [3.8, 4) is 0 Å². The largest absolute Gasteiger partial charge is 0.376 e. The number of benzene rings is 2. The van der Waals surface area contributed by atoms with Gasteiger partial charge in [-0.25, -0.2) is 0 Å². The highest BCUT2D eigenvalue weighted by molar-refractivity contribution is 5.95. The normalized spacial score (nSPS) is 13.8. The highest BCUT2D eigenvalue weighted by Gasteiger charge is 2.12. The zero-order chi connectivity index (χ0) is 16.9. The molecule has 0 bridgehead atoms. The van der Waals surface area contributed by atoms with Crippen molar-refractivity contribution in [3.05, 3.63) is 53.6 Å². The minimum absolute atomic E-state index is 0.0315. The number of hydrogen-bond acceptors (Lipinski definition) is 3. The molecule has 0 unspecified atom stereocenters. The van der Waals surface area contributed by atoms with E-state index in [2.05, 4.69) is 27.7 Å². The van der Waals surface area contributed by atoms with Gasteiger partial charge in [-0.2, -0.15) is 0 Å². The van der Waals surface area contributed by atoms with Gasteiger partial charge in [-0.15, -0.1) is 0 Å². The van der Waals surface area contributed by atoms with E-state index in [1.807, 2.05) is 44.2 Å². The fraction of sp³-hybridized carbons (Fsp3) is 0.350. The number of anilines is 3. The van der Waals surface area contributed by atoms with Gasteiger partial charge in [0.1, 0.15) is 0 Å². The molecule has 1 amide bonds. The molecule has 1 aliphatic rings. The lowest BCUT2D eigenvalue weighted by atomic mass is 10.1. The number of nitrogens with zero attached hydrogens (tertiary/aromatic N) is 1. The topological polar surface area (TPSA) is 44.4 Å². The van der Waals surface area contributed by atoms with Gasteiger partial charge < -0.3 is 15.5 Å². The first-order valence-corrected chi connectivity index (χ1v) is 8.58. The molecular formula is C20H25N3O. The third-order valence-corrected chi connectivity index (χ3v) is 4.54. The van der Waals surface area contributed by atoms with Gasteiger partial charge in [-0.3, -0.25) is 4.79 Å². The van der Waals surface area contributed by atoms with Crippen LogP contribution in [0.3, 0.4) is 0 Å². The highest BCUT2D eigenvalue weighted by atomic mass is 16.1. The Bertz CT molecular complexity index is 683. The fourth-order valence-electron chi connectivity index (χ4n) is 3.14. The molecule has 0 aliphatic carbocycles. The molecule has 1 aliphatic heterocycles. The van der Waals surface area contributed by atoms with E-state index >= 15 is 0 Å². The van der Waals surface area contributed by atoms with Crippen LogP contribution in [0.15, 0.2) is 42.5 Å². The SMILES string of the molecule is Cc1cccc(C)c1NC(=O)CNc1ccc(N2CCCC2)cc1. The number of carbonyl (C=O) groups is 1. The monoisotopic (exact) mass is 323 g/mol. The molecule has 0 radical (unpaired) electrons. The number of rotatable bonds is 5. The number of nitrogens with one attached hydrogen (secondary N) is 2. The maximum atomic E-state index is 12.2. The number of para-hydroxylation sites is 1. The van der Waals surface area contributed by atoms with Gasteiger partial charge in [0.05, 0.1) is 6.54 Å². The van der Waals surface area contributed by atoms with Crippen molar-refractivity contribution in [1.82, 2.24) is 0 Å². The molecule has 24 heavy (non-hydrogen) atoms. The van der Waals surface area contributed by atoms with Crippen molar-refractivity contribution in [2.24, 2.45) is 0 Å². The fourth-order valence-corrected chi connectivity index (χ4v) is 3.14. The Morgan fingerprint density at radius 2 is 1.62 bits per heavy atom. The van der Waals surface area contributed by atoms with Crippen molar-refractivity contribution in [2.45, 2.75) is 26.7 Å². The van der Waals surface area contributed by atoms with Gasteiger partial charge in [-0.05, 0) is 62.1 Å². The first kappa shape index (κ1) is 16.4. The van der Waals surface area contributed by atoms with E-state index in [0.29, 0.717) is 0 Å². The van der Waals surface area contributed by atoms with Gasteiger partial charge >= 0.3 is 0 Å². The van der Waals surface area contributed by atoms with E-state index < -0.39 is 0 Å². The van der Waals surface area contributed by atoms with Crippen molar-refractivity contribution >= 4 is 23.0 Å². The number of aryl methyl sites for hydroxylation is 2. The molecule has 2 aromatic rings. The predicted octanol–water partition coefficient (Wildman–Crippen LogP) is 3.95. The van der Waals surface area contributed by atoms with Gasteiger partial charge in [0, 0.05) is 30.2 Å². The Morgan fingerprint density at radius 1 is 1.00 bits per heavy atom. The molecule has 1 saturated heterocycles. The van der Waals surface area contributed by atoms with Gasteiger partial charge in [0.2, 0.25) is 5.91 Å². The minimum Gasteiger partial charge on any atom is -0.376 e. The van der Waals surface area contributed by atoms with Gasteiger partial charge in [0.25, 0.3) is 0 Å². The molecule has 1 heterocycles. The molecule has 3 rings (SSSR count). The predicted molar refractivity (Wildman–Crippen MR) is 101 cm³/mol. The molecule has 126 valence electrons. The Morgan fingerprint density at radius 3 is 2.25 bits per heavy atom. The van der Waals surface area contributed by atoms with Crippen LogP contribution in [0.5, 0.6) is 0 Å². The second-order valence-electron chi connectivity index (χ2n) is 6.41. The van der Waals surface area contributed by atoms with Crippen LogP contribution in [0.4, 0.5) is 17.1 Å². The second kappa shape index (κ2) is 7.39. The third-order valence-electron chi connectivity index (χ3n) is 4.54. The molecule has 0 saturated carbocycles. The van der Waals surface area contributed by atoms with Crippen LogP contribution in [-0.2, 0) is 4.79 Å². The average molecular weight is 323 g/mol. The number of amides is 1. The first-order valence-electron chi connectivity index (χ1n) is 8.58. The lowest BCUT2D eigenvalue weighted by Crippen LogP contribution is -2.22. The van der Waals surface area contributed by atoms with Crippen molar-refractivity contribution < 1.29 is 4.79 Å². The summed E-state index contributed by atoms with van der Waals surface area (Å²) >= 11 is 0. The summed E-state index contributed by atoms with van der Waals surface area (Å²) in [4.78, 5) is 14.6. The van der Waals surface area contributed by atoms with Crippen molar-refractivity contribution in [1.29, 1.82) is 0 Å². The van der Waals surface area contributed by atoms with Gasteiger partial charge in [-0.1, -0.05) is 18.2 Å². The van der Waals surface area contributed by atoms with Crippen LogP contribution in [0.2, 0.25) is 0 Å². The van der Waals surface area contributed by atoms with Crippen LogP contribution in [-0.4, -0.2) is 25.5 Å². The zero-order valence-corrected chi connectivity index (χ0v) is 14.4. The molecule has 0 aromatic heterocycles. The van der Waals surface area contributed by atoms with Gasteiger partial charge in [0.15, 0.2) is 0 Å². The Kier molecular flexibility index (Phi) is 5.04. The van der Waals surface area contributed by atoms with E-state index in [-0.39, 0.29) is 12.5 Å². The lowest BCUT2D eigenvalue weighted by molar-refractivity contribution is -0.114. The Labute approximate surface area is 143 Å². The van der Waals surface area contributed by atoms with E-state index in [1.165, 1.54) is 18.5 Å². The smallest absolute Gasteiger partial charge is 0.243 e. The maximum absolute atomic E-state index is 12.2. The molecule has 4 heteroatoms. The molecule has 2 N–H and O–H groups in total. The molecule has 0 atom stereocenters. The number of hydrogen-bond donors (Lipinski definition) is 2. The first-order chi connectivity index (χ1) is 11.6. The average Bonchev–Trinajstić information content (AvgIpc) is 3.11. The molecule has 0 spiro atoms. The quantitative estimate of drug-likeness (QED) is 0.875. The van der Waals surface area contributed by atoms with Crippen LogP contribution >= 0.6 is 0 Å². The summed E-state index contributed by atoms with van der Waals surface area (Å²) in [5.41, 5.74) is 5.30. The summed E-state index contributed by atoms with van der Waals surface area (Å²) in [6, 6.07) is 14.3. The van der Waals surface area contributed by atoms with E-state index in [4.69, 9.17) is 0 Å².